The van der Waals surface area contributed by atoms with Crippen LogP contribution in [0.3, 0.4) is 0 Å². The number of aromatic nitrogens is 1. The Hall–Kier alpha value is -2.63. The Balaban J connectivity index is 2.05. The van der Waals surface area contributed by atoms with Gasteiger partial charge in [0.25, 0.3) is 0 Å². The van der Waals surface area contributed by atoms with E-state index in [0.717, 1.165) is 11.1 Å². The van der Waals surface area contributed by atoms with Crippen LogP contribution in [-0.2, 0) is 16.1 Å². The number of hydrogen-bond donors (Lipinski definition) is 2. The third-order valence-electron chi connectivity index (χ3n) is 3.06. The van der Waals surface area contributed by atoms with Gasteiger partial charge in [-0.25, -0.2) is 0 Å². The minimum Gasteiger partial charge on any atom is -0.481 e. The van der Waals surface area contributed by atoms with E-state index in [1.54, 1.807) is 6.92 Å². The minimum absolute atomic E-state index is 0.0413. The van der Waals surface area contributed by atoms with Gasteiger partial charge in [0.05, 0.1) is 6.42 Å². The molecule has 0 spiro atoms. The van der Waals surface area contributed by atoms with Gasteiger partial charge in [-0.15, -0.1) is 0 Å². The molecule has 110 valence electrons. The van der Waals surface area contributed by atoms with E-state index in [-0.39, 0.29) is 25.3 Å². The Bertz CT molecular complexity index is 634. The average Bonchev–Trinajstić information content (AvgIpc) is 2.85. The van der Waals surface area contributed by atoms with Crippen molar-refractivity contribution in [1.29, 1.82) is 0 Å². The van der Waals surface area contributed by atoms with Gasteiger partial charge in [0, 0.05) is 24.1 Å². The van der Waals surface area contributed by atoms with E-state index in [1.807, 2.05) is 30.3 Å². The third-order valence-corrected chi connectivity index (χ3v) is 3.06. The summed E-state index contributed by atoms with van der Waals surface area (Å²) < 4.78 is 5.19. The van der Waals surface area contributed by atoms with E-state index >= 15 is 0 Å². The predicted octanol–water partition coefficient (Wildman–Crippen LogP) is 2.13. The van der Waals surface area contributed by atoms with Gasteiger partial charge in [-0.05, 0) is 6.92 Å². The van der Waals surface area contributed by atoms with Gasteiger partial charge in [0.15, 0.2) is 0 Å². The zero-order valence-corrected chi connectivity index (χ0v) is 11.6. The number of carboxylic acids is 1. The first kappa shape index (κ1) is 14.8. The molecule has 0 saturated carbocycles. The molecule has 0 atom stereocenters. The highest BCUT2D eigenvalue weighted by Gasteiger charge is 2.15. The standard InChI is InChI=1S/C15H16N2O4/c1-10-12(9-16-13(18)7-8-14(19)20)15(17-21-10)11-5-3-2-4-6-11/h2-6H,7-9H2,1H3,(H,16,18)(H,19,20). The molecular weight excluding hydrogens is 272 g/mol. The molecule has 1 amide bonds. The molecule has 1 aromatic heterocycles. The highest BCUT2D eigenvalue weighted by Crippen LogP contribution is 2.24. The van der Waals surface area contributed by atoms with Crippen LogP contribution in [0.5, 0.6) is 0 Å². The fourth-order valence-corrected chi connectivity index (χ4v) is 1.92. The van der Waals surface area contributed by atoms with Crippen molar-refractivity contribution in [1.82, 2.24) is 10.5 Å². The number of carbonyl (C=O) groups excluding carboxylic acids is 1. The highest BCUT2D eigenvalue weighted by molar-refractivity contribution is 5.80. The van der Waals surface area contributed by atoms with E-state index in [9.17, 15) is 9.59 Å². The smallest absolute Gasteiger partial charge is 0.303 e. The van der Waals surface area contributed by atoms with Gasteiger partial charge in [0.2, 0.25) is 5.91 Å². The summed E-state index contributed by atoms with van der Waals surface area (Å²) in [6, 6.07) is 9.52. The molecule has 0 unspecified atom stereocenters. The largest absolute Gasteiger partial charge is 0.481 e. The van der Waals surface area contributed by atoms with Crippen molar-refractivity contribution in [3.63, 3.8) is 0 Å². The van der Waals surface area contributed by atoms with E-state index in [0.29, 0.717) is 11.5 Å². The van der Waals surface area contributed by atoms with Crippen LogP contribution in [0.25, 0.3) is 11.3 Å². The summed E-state index contributed by atoms with van der Waals surface area (Å²) in [6.45, 7) is 2.04. The first-order valence-corrected chi connectivity index (χ1v) is 6.57. The maximum atomic E-state index is 11.6. The molecule has 6 heteroatoms. The molecule has 0 saturated heterocycles. The molecule has 6 nitrogen and oxygen atoms in total. The second-order valence-electron chi connectivity index (χ2n) is 4.60. The number of rotatable bonds is 6. The number of carbonyl (C=O) groups is 2. The van der Waals surface area contributed by atoms with Crippen molar-refractivity contribution in [3.8, 4) is 11.3 Å². The second kappa shape index (κ2) is 6.69. The Morgan fingerprint density at radius 1 is 1.24 bits per heavy atom. The zero-order chi connectivity index (χ0) is 15.2. The first-order chi connectivity index (χ1) is 10.1. The Morgan fingerprint density at radius 2 is 1.95 bits per heavy atom. The summed E-state index contributed by atoms with van der Waals surface area (Å²) in [6.07, 6.45) is -0.222. The van der Waals surface area contributed by atoms with Crippen LogP contribution in [0.4, 0.5) is 0 Å². The molecule has 2 aromatic rings. The second-order valence-corrected chi connectivity index (χ2v) is 4.60. The number of nitrogens with one attached hydrogen (secondary N) is 1. The average molecular weight is 288 g/mol. The maximum Gasteiger partial charge on any atom is 0.303 e. The van der Waals surface area contributed by atoms with Gasteiger partial charge in [-0.1, -0.05) is 35.5 Å². The number of carboxylic acid groups (broad SMARTS) is 1. The van der Waals surface area contributed by atoms with Gasteiger partial charge in [-0.3, -0.25) is 9.59 Å². The lowest BCUT2D eigenvalue weighted by molar-refractivity contribution is -0.138. The molecule has 0 aliphatic carbocycles. The van der Waals surface area contributed by atoms with E-state index in [2.05, 4.69) is 10.5 Å². The molecule has 0 fully saturated rings. The van der Waals surface area contributed by atoms with Crippen LogP contribution in [-0.4, -0.2) is 22.1 Å². The zero-order valence-electron chi connectivity index (χ0n) is 11.6. The van der Waals surface area contributed by atoms with Crippen LogP contribution in [0.15, 0.2) is 34.9 Å². The number of benzene rings is 1. The number of amides is 1. The molecule has 0 aliphatic heterocycles. The summed E-state index contributed by atoms with van der Waals surface area (Å²) in [4.78, 5) is 22.0. The van der Waals surface area contributed by atoms with Crippen LogP contribution in [0.2, 0.25) is 0 Å². The van der Waals surface area contributed by atoms with Gasteiger partial charge >= 0.3 is 5.97 Å². The van der Waals surface area contributed by atoms with E-state index in [4.69, 9.17) is 9.63 Å². The summed E-state index contributed by atoms with van der Waals surface area (Å²) >= 11 is 0. The van der Waals surface area contributed by atoms with Crippen LogP contribution < -0.4 is 5.32 Å². The van der Waals surface area contributed by atoms with Crippen LogP contribution >= 0.6 is 0 Å². The molecule has 2 rings (SSSR count). The number of hydrogen-bond acceptors (Lipinski definition) is 4. The van der Waals surface area contributed by atoms with Crippen molar-refractivity contribution in [2.45, 2.75) is 26.3 Å². The normalized spacial score (nSPS) is 10.3. The molecule has 1 aromatic carbocycles. The van der Waals surface area contributed by atoms with Gasteiger partial charge < -0.3 is 14.9 Å². The molecule has 21 heavy (non-hydrogen) atoms. The summed E-state index contributed by atoms with van der Waals surface area (Å²) in [5.41, 5.74) is 2.39. The van der Waals surface area contributed by atoms with E-state index < -0.39 is 5.97 Å². The summed E-state index contributed by atoms with van der Waals surface area (Å²) in [7, 11) is 0. The predicted molar refractivity (Wildman–Crippen MR) is 75.4 cm³/mol. The lowest BCUT2D eigenvalue weighted by Crippen LogP contribution is -2.23. The first-order valence-electron chi connectivity index (χ1n) is 6.57. The molecule has 0 aliphatic rings. The molecule has 1 heterocycles. The molecule has 0 radical (unpaired) electrons. The van der Waals surface area contributed by atoms with Crippen molar-refractivity contribution in [2.24, 2.45) is 0 Å². The Morgan fingerprint density at radius 3 is 2.62 bits per heavy atom. The lowest BCUT2D eigenvalue weighted by atomic mass is 10.1. The number of aliphatic carboxylic acids is 1. The van der Waals surface area contributed by atoms with Gasteiger partial charge in [0.1, 0.15) is 11.5 Å². The van der Waals surface area contributed by atoms with Crippen LogP contribution in [0.1, 0.15) is 24.2 Å². The van der Waals surface area contributed by atoms with Crippen molar-refractivity contribution >= 4 is 11.9 Å². The third kappa shape index (κ3) is 3.92. The molecular formula is C15H16N2O4. The highest BCUT2D eigenvalue weighted by atomic mass is 16.5. The van der Waals surface area contributed by atoms with Crippen LogP contribution in [0, 0.1) is 6.92 Å². The summed E-state index contributed by atoms with van der Waals surface area (Å²) in [5.74, 6) is -0.666. The summed E-state index contributed by atoms with van der Waals surface area (Å²) in [5, 5.41) is 15.3. The topological polar surface area (TPSA) is 92.4 Å². The number of aryl methyl sites for hydroxylation is 1. The fourth-order valence-electron chi connectivity index (χ4n) is 1.92. The number of nitrogens with zero attached hydrogens (tertiary/aromatic N) is 1. The van der Waals surface area contributed by atoms with E-state index in [1.165, 1.54) is 0 Å². The fraction of sp³-hybridized carbons (Fsp3) is 0.267. The monoisotopic (exact) mass is 288 g/mol. The Kier molecular flexibility index (Phi) is 4.71. The molecule has 2 N–H and O–H groups in total. The quantitative estimate of drug-likeness (QED) is 0.849. The SMILES string of the molecule is Cc1onc(-c2ccccc2)c1CNC(=O)CCC(=O)O. The van der Waals surface area contributed by atoms with Gasteiger partial charge in [-0.2, -0.15) is 0 Å². The maximum absolute atomic E-state index is 11.6. The lowest BCUT2D eigenvalue weighted by Gasteiger charge is -2.05. The minimum atomic E-state index is -0.990. The molecule has 0 bridgehead atoms. The van der Waals surface area contributed by atoms with Crippen molar-refractivity contribution in [2.75, 3.05) is 0 Å². The van der Waals surface area contributed by atoms with Crippen molar-refractivity contribution in [3.05, 3.63) is 41.7 Å². The Labute approximate surface area is 121 Å². The van der Waals surface area contributed by atoms with Crippen molar-refractivity contribution < 1.29 is 19.2 Å².